The number of rotatable bonds is 4. The lowest BCUT2D eigenvalue weighted by molar-refractivity contribution is 0.986. The number of hydrogen-bond donors (Lipinski definition) is 2. The molecule has 0 saturated heterocycles. The Morgan fingerprint density at radius 1 is 1.36 bits per heavy atom. The number of imidazole rings is 1. The lowest BCUT2D eigenvalue weighted by Gasteiger charge is -2.01. The number of pyridine rings is 1. The molecule has 0 unspecified atom stereocenters. The van der Waals surface area contributed by atoms with Crippen molar-refractivity contribution in [2.24, 2.45) is 0 Å². The molecule has 0 radical (unpaired) electrons. The summed E-state index contributed by atoms with van der Waals surface area (Å²) in [5.74, 6) is 0.814. The molecule has 2 N–H and O–H groups in total. The third-order valence-corrected chi connectivity index (χ3v) is 1.93. The minimum atomic E-state index is 0.814. The van der Waals surface area contributed by atoms with Crippen molar-refractivity contribution in [1.82, 2.24) is 15.0 Å². The van der Waals surface area contributed by atoms with Gasteiger partial charge in [-0.05, 0) is 18.1 Å². The average Bonchev–Trinajstić information content (AvgIpc) is 2.72. The van der Waals surface area contributed by atoms with Crippen LogP contribution in [0.4, 0.5) is 5.95 Å². The summed E-state index contributed by atoms with van der Waals surface area (Å²) in [4.78, 5) is 11.1. The fourth-order valence-electron chi connectivity index (χ4n) is 1.23. The van der Waals surface area contributed by atoms with Crippen LogP contribution in [0.3, 0.4) is 0 Å². The number of H-pyrrole nitrogens is 1. The first-order chi connectivity index (χ1) is 6.95. The van der Waals surface area contributed by atoms with Crippen LogP contribution in [0.2, 0.25) is 0 Å². The molecule has 14 heavy (non-hydrogen) atoms. The van der Waals surface area contributed by atoms with Crippen LogP contribution in [-0.4, -0.2) is 21.5 Å². The second kappa shape index (κ2) is 4.41. The number of aromatic nitrogens is 3. The van der Waals surface area contributed by atoms with Crippen LogP contribution in [0.25, 0.3) is 0 Å². The predicted octanol–water partition coefficient (Wildman–Crippen LogP) is 1.46. The van der Waals surface area contributed by atoms with Crippen LogP contribution in [0.15, 0.2) is 36.9 Å². The zero-order chi connectivity index (χ0) is 9.64. The van der Waals surface area contributed by atoms with E-state index in [4.69, 9.17) is 0 Å². The zero-order valence-corrected chi connectivity index (χ0v) is 7.77. The first kappa shape index (κ1) is 8.74. The number of nitrogens with one attached hydrogen (secondary N) is 2. The summed E-state index contributed by atoms with van der Waals surface area (Å²) in [6.07, 6.45) is 8.14. The van der Waals surface area contributed by atoms with Gasteiger partial charge in [0.1, 0.15) is 0 Å². The summed E-state index contributed by atoms with van der Waals surface area (Å²) in [5, 5.41) is 3.18. The third-order valence-electron chi connectivity index (χ3n) is 1.93. The van der Waals surface area contributed by atoms with Crippen LogP contribution in [-0.2, 0) is 6.42 Å². The maximum atomic E-state index is 4.07. The van der Waals surface area contributed by atoms with Gasteiger partial charge < -0.3 is 10.3 Å². The van der Waals surface area contributed by atoms with E-state index in [1.54, 1.807) is 18.6 Å². The topological polar surface area (TPSA) is 53.6 Å². The average molecular weight is 188 g/mol. The summed E-state index contributed by atoms with van der Waals surface area (Å²) in [6, 6.07) is 4.01. The van der Waals surface area contributed by atoms with Gasteiger partial charge in [0.15, 0.2) is 5.95 Å². The van der Waals surface area contributed by atoms with Crippen molar-refractivity contribution in [3.63, 3.8) is 0 Å². The van der Waals surface area contributed by atoms with Crippen molar-refractivity contribution in [2.75, 3.05) is 11.9 Å². The van der Waals surface area contributed by atoms with Crippen molar-refractivity contribution < 1.29 is 0 Å². The van der Waals surface area contributed by atoms with Crippen LogP contribution < -0.4 is 5.32 Å². The van der Waals surface area contributed by atoms with Gasteiger partial charge in [0.05, 0.1) is 0 Å². The molecule has 0 fully saturated rings. The van der Waals surface area contributed by atoms with E-state index in [9.17, 15) is 0 Å². The van der Waals surface area contributed by atoms with Crippen molar-refractivity contribution >= 4 is 5.95 Å². The zero-order valence-electron chi connectivity index (χ0n) is 7.77. The standard InChI is InChI=1S/C10H12N4/c1-2-9(8-11-4-1)3-5-12-10-13-6-7-14-10/h1-2,4,6-8H,3,5H2,(H2,12,13,14). The van der Waals surface area contributed by atoms with E-state index in [1.807, 2.05) is 12.3 Å². The largest absolute Gasteiger partial charge is 0.355 e. The van der Waals surface area contributed by atoms with Gasteiger partial charge >= 0.3 is 0 Å². The molecule has 0 atom stereocenters. The Labute approximate surface area is 82.4 Å². The van der Waals surface area contributed by atoms with Crippen molar-refractivity contribution in [3.8, 4) is 0 Å². The van der Waals surface area contributed by atoms with E-state index in [0.717, 1.165) is 18.9 Å². The predicted molar refractivity (Wildman–Crippen MR) is 55.0 cm³/mol. The van der Waals surface area contributed by atoms with Crippen molar-refractivity contribution in [2.45, 2.75) is 6.42 Å². The molecule has 0 saturated carbocycles. The molecular weight excluding hydrogens is 176 g/mol. The SMILES string of the molecule is c1cncc(CCNc2ncc[nH]2)c1. The highest BCUT2D eigenvalue weighted by atomic mass is 15.1. The molecule has 72 valence electrons. The monoisotopic (exact) mass is 188 g/mol. The van der Waals surface area contributed by atoms with E-state index in [1.165, 1.54) is 5.56 Å². The minimum Gasteiger partial charge on any atom is -0.355 e. The molecule has 2 aromatic rings. The van der Waals surface area contributed by atoms with E-state index in [2.05, 4.69) is 26.3 Å². The number of aromatic amines is 1. The Bertz CT molecular complexity index is 355. The molecule has 0 aliphatic rings. The Morgan fingerprint density at radius 2 is 2.36 bits per heavy atom. The highest BCUT2D eigenvalue weighted by Crippen LogP contribution is 1.99. The summed E-state index contributed by atoms with van der Waals surface area (Å²) in [6.45, 7) is 0.860. The van der Waals surface area contributed by atoms with Crippen molar-refractivity contribution in [1.29, 1.82) is 0 Å². The third kappa shape index (κ3) is 2.32. The molecule has 2 heterocycles. The second-order valence-corrected chi connectivity index (χ2v) is 2.98. The Kier molecular flexibility index (Phi) is 2.76. The van der Waals surface area contributed by atoms with Gasteiger partial charge in [-0.2, -0.15) is 0 Å². The lowest BCUT2D eigenvalue weighted by Crippen LogP contribution is -2.05. The van der Waals surface area contributed by atoms with Gasteiger partial charge in [-0.1, -0.05) is 6.07 Å². The molecule has 2 aromatic heterocycles. The van der Waals surface area contributed by atoms with Gasteiger partial charge in [0.25, 0.3) is 0 Å². The van der Waals surface area contributed by atoms with Crippen molar-refractivity contribution in [3.05, 3.63) is 42.5 Å². The van der Waals surface area contributed by atoms with E-state index >= 15 is 0 Å². The summed E-state index contributed by atoms with van der Waals surface area (Å²) < 4.78 is 0. The first-order valence-electron chi connectivity index (χ1n) is 4.57. The summed E-state index contributed by atoms with van der Waals surface area (Å²) in [7, 11) is 0. The first-order valence-corrected chi connectivity index (χ1v) is 4.57. The van der Waals surface area contributed by atoms with Gasteiger partial charge in [0, 0.05) is 31.3 Å². The van der Waals surface area contributed by atoms with Crippen LogP contribution in [0, 0.1) is 0 Å². The van der Waals surface area contributed by atoms with Gasteiger partial charge in [-0.3, -0.25) is 4.98 Å². The molecule has 0 aromatic carbocycles. The van der Waals surface area contributed by atoms with E-state index in [0.29, 0.717) is 0 Å². The van der Waals surface area contributed by atoms with Gasteiger partial charge in [-0.15, -0.1) is 0 Å². The molecule has 0 aliphatic heterocycles. The molecule has 0 bridgehead atoms. The van der Waals surface area contributed by atoms with E-state index in [-0.39, 0.29) is 0 Å². The Hall–Kier alpha value is -1.84. The molecule has 0 spiro atoms. The minimum absolute atomic E-state index is 0.814. The molecule has 0 aliphatic carbocycles. The fourth-order valence-corrected chi connectivity index (χ4v) is 1.23. The van der Waals surface area contributed by atoms with Crippen LogP contribution in [0.1, 0.15) is 5.56 Å². The maximum Gasteiger partial charge on any atom is 0.200 e. The quantitative estimate of drug-likeness (QED) is 0.763. The molecular formula is C10H12N4. The normalized spacial score (nSPS) is 10.0. The van der Waals surface area contributed by atoms with Crippen LogP contribution >= 0.6 is 0 Å². The van der Waals surface area contributed by atoms with Gasteiger partial charge in [-0.25, -0.2) is 4.98 Å². The number of hydrogen-bond acceptors (Lipinski definition) is 3. The highest BCUT2D eigenvalue weighted by Gasteiger charge is 1.93. The number of nitrogens with zero attached hydrogens (tertiary/aromatic N) is 2. The molecule has 4 nitrogen and oxygen atoms in total. The smallest absolute Gasteiger partial charge is 0.200 e. The lowest BCUT2D eigenvalue weighted by atomic mass is 10.2. The van der Waals surface area contributed by atoms with E-state index < -0.39 is 0 Å². The summed E-state index contributed by atoms with van der Waals surface area (Å²) >= 11 is 0. The molecule has 2 rings (SSSR count). The van der Waals surface area contributed by atoms with Crippen LogP contribution in [0.5, 0.6) is 0 Å². The number of anilines is 1. The molecule has 0 amide bonds. The maximum absolute atomic E-state index is 4.07. The second-order valence-electron chi connectivity index (χ2n) is 2.98. The Balaban J connectivity index is 1.79. The highest BCUT2D eigenvalue weighted by molar-refractivity contribution is 5.23. The summed E-state index contributed by atoms with van der Waals surface area (Å²) in [5.41, 5.74) is 1.23. The Morgan fingerprint density at radius 3 is 3.07 bits per heavy atom. The molecule has 4 heteroatoms. The van der Waals surface area contributed by atoms with Gasteiger partial charge in [0.2, 0.25) is 0 Å². The fraction of sp³-hybridized carbons (Fsp3) is 0.200.